The molecule has 0 atom stereocenters. The Hall–Kier alpha value is -1.52. The fourth-order valence-electron chi connectivity index (χ4n) is 5.41. The molecule has 0 spiro atoms. The van der Waals surface area contributed by atoms with Gasteiger partial charge in [0.25, 0.3) is 0 Å². The summed E-state index contributed by atoms with van der Waals surface area (Å²) in [7, 11) is -8.89. The Labute approximate surface area is 275 Å². The largest absolute Gasteiger partial charge is 2.00 e. The van der Waals surface area contributed by atoms with Gasteiger partial charge in [0.05, 0.1) is 9.79 Å². The molecule has 4 aromatic carbocycles. The first-order valence-electron chi connectivity index (χ1n) is 14.0. The van der Waals surface area contributed by atoms with Crippen molar-refractivity contribution < 1.29 is 25.9 Å². The SMILES string of the molecule is CCCc1cccc2c(S(=O)(=O)[O-])ccc(CCC)c12.CCCc1cccc2c(S(=O)(=O)[O-])ccc(CCC)c12.[Ca+2]. The minimum absolute atomic E-state index is 0. The third-order valence-electron chi connectivity index (χ3n) is 6.96. The van der Waals surface area contributed by atoms with Crippen LogP contribution in [-0.2, 0) is 45.9 Å². The first-order valence-corrected chi connectivity index (χ1v) is 16.8. The van der Waals surface area contributed by atoms with E-state index in [0.717, 1.165) is 84.4 Å². The quantitative estimate of drug-likeness (QED) is 0.140. The van der Waals surface area contributed by atoms with Crippen molar-refractivity contribution in [3.63, 3.8) is 0 Å². The molecule has 0 N–H and O–H groups in total. The predicted molar refractivity (Wildman–Crippen MR) is 166 cm³/mol. The monoisotopic (exact) mass is 622 g/mol. The van der Waals surface area contributed by atoms with Crippen molar-refractivity contribution in [2.45, 2.75) is 88.9 Å². The van der Waals surface area contributed by atoms with Gasteiger partial charge in [0.2, 0.25) is 0 Å². The molecule has 0 aliphatic heterocycles. The first kappa shape index (κ1) is 35.7. The third-order valence-corrected chi connectivity index (χ3v) is 8.75. The topological polar surface area (TPSA) is 114 Å². The zero-order chi connectivity index (χ0) is 29.5. The number of aryl methyl sites for hydroxylation is 4. The van der Waals surface area contributed by atoms with E-state index in [-0.39, 0.29) is 47.5 Å². The van der Waals surface area contributed by atoms with E-state index in [2.05, 4.69) is 27.7 Å². The molecule has 41 heavy (non-hydrogen) atoms. The van der Waals surface area contributed by atoms with Crippen LogP contribution in [0.5, 0.6) is 0 Å². The van der Waals surface area contributed by atoms with Crippen LogP contribution in [0.1, 0.15) is 75.6 Å². The molecule has 0 saturated carbocycles. The molecule has 4 rings (SSSR count). The number of hydrogen-bond donors (Lipinski definition) is 0. The molecule has 6 nitrogen and oxygen atoms in total. The van der Waals surface area contributed by atoms with E-state index in [1.54, 1.807) is 24.3 Å². The van der Waals surface area contributed by atoms with Crippen LogP contribution < -0.4 is 0 Å². The van der Waals surface area contributed by atoms with E-state index >= 15 is 0 Å². The number of fused-ring (bicyclic) bond motifs is 2. The van der Waals surface area contributed by atoms with Gasteiger partial charge in [-0.05, 0) is 81.6 Å². The van der Waals surface area contributed by atoms with Crippen molar-refractivity contribution in [3.05, 3.63) is 82.9 Å². The minimum atomic E-state index is -4.44. The molecule has 0 aliphatic rings. The van der Waals surface area contributed by atoms with Crippen molar-refractivity contribution in [2.75, 3.05) is 0 Å². The molecular weight excluding hydrogens is 585 g/mol. The van der Waals surface area contributed by atoms with Crippen LogP contribution in [0.3, 0.4) is 0 Å². The summed E-state index contributed by atoms with van der Waals surface area (Å²) in [5.74, 6) is 0. The van der Waals surface area contributed by atoms with Gasteiger partial charge in [-0.3, -0.25) is 0 Å². The molecule has 0 aliphatic carbocycles. The molecule has 0 amide bonds. The maximum absolute atomic E-state index is 11.4. The predicted octanol–water partition coefficient (Wildman–Crippen LogP) is 6.92. The summed E-state index contributed by atoms with van der Waals surface area (Å²) < 4.78 is 68.6. The van der Waals surface area contributed by atoms with E-state index in [1.807, 2.05) is 24.3 Å². The number of hydrogen-bond acceptors (Lipinski definition) is 6. The summed E-state index contributed by atoms with van der Waals surface area (Å²) >= 11 is 0. The average molecular weight is 623 g/mol. The van der Waals surface area contributed by atoms with Gasteiger partial charge >= 0.3 is 37.7 Å². The maximum atomic E-state index is 11.4. The fraction of sp³-hybridized carbons (Fsp3) is 0.375. The van der Waals surface area contributed by atoms with Crippen molar-refractivity contribution in [3.8, 4) is 0 Å². The Morgan fingerprint density at radius 1 is 0.488 bits per heavy atom. The molecule has 0 heterocycles. The Morgan fingerprint density at radius 2 is 0.780 bits per heavy atom. The van der Waals surface area contributed by atoms with Crippen molar-refractivity contribution in [1.29, 1.82) is 0 Å². The van der Waals surface area contributed by atoms with E-state index in [4.69, 9.17) is 0 Å². The van der Waals surface area contributed by atoms with Crippen LogP contribution in [0.4, 0.5) is 0 Å². The van der Waals surface area contributed by atoms with Gasteiger partial charge in [0.15, 0.2) is 0 Å². The van der Waals surface area contributed by atoms with Crippen molar-refractivity contribution >= 4 is 79.5 Å². The van der Waals surface area contributed by atoms with Crippen LogP contribution >= 0.6 is 0 Å². The summed E-state index contributed by atoms with van der Waals surface area (Å²) in [6.45, 7) is 8.36. The number of rotatable bonds is 10. The third kappa shape index (κ3) is 8.75. The van der Waals surface area contributed by atoms with Gasteiger partial charge in [0.1, 0.15) is 20.2 Å². The summed E-state index contributed by atoms with van der Waals surface area (Å²) in [5, 5.41) is 3.04. The molecule has 0 unspecified atom stereocenters. The molecule has 0 saturated heterocycles. The zero-order valence-corrected chi connectivity index (χ0v) is 28.2. The van der Waals surface area contributed by atoms with Crippen molar-refractivity contribution in [2.24, 2.45) is 0 Å². The molecule has 0 radical (unpaired) electrons. The second-order valence-electron chi connectivity index (χ2n) is 10.0. The normalized spacial score (nSPS) is 11.7. The molecule has 0 aromatic heterocycles. The van der Waals surface area contributed by atoms with Gasteiger partial charge in [-0.25, -0.2) is 16.8 Å². The van der Waals surface area contributed by atoms with Crippen LogP contribution in [0.15, 0.2) is 70.5 Å². The maximum Gasteiger partial charge on any atom is 2.00 e. The average Bonchev–Trinajstić information content (AvgIpc) is 2.89. The Kier molecular flexibility index (Phi) is 13.8. The van der Waals surface area contributed by atoms with Gasteiger partial charge in [-0.1, -0.05) is 102 Å². The molecule has 9 heteroatoms. The van der Waals surface area contributed by atoms with Gasteiger partial charge in [-0.2, -0.15) is 0 Å². The van der Waals surface area contributed by atoms with Gasteiger partial charge < -0.3 is 9.11 Å². The number of benzene rings is 4. The molecule has 0 bridgehead atoms. The van der Waals surface area contributed by atoms with Gasteiger partial charge in [-0.15, -0.1) is 0 Å². The fourth-order valence-corrected chi connectivity index (χ4v) is 6.76. The van der Waals surface area contributed by atoms with Crippen LogP contribution in [0.2, 0.25) is 0 Å². The summed E-state index contributed by atoms with van der Waals surface area (Å²) in [5.41, 5.74) is 4.50. The van der Waals surface area contributed by atoms with E-state index < -0.39 is 20.2 Å². The van der Waals surface area contributed by atoms with Crippen LogP contribution in [-0.4, -0.2) is 63.7 Å². The van der Waals surface area contributed by atoms with Crippen LogP contribution in [0, 0.1) is 0 Å². The molecular formula is C32H38CaO6S2. The summed E-state index contributed by atoms with van der Waals surface area (Å²) in [6, 6.07) is 17.6. The molecule has 4 aromatic rings. The van der Waals surface area contributed by atoms with E-state index in [9.17, 15) is 25.9 Å². The molecule has 0 fully saturated rings. The Balaban J connectivity index is 0.000000280. The standard InChI is InChI=1S/2C16H20O3S.Ca/c2*1-3-6-12-8-5-9-14-15(20(17,18)19)11-10-13(7-4-2)16(12)14;/h2*5,8-11H,3-4,6-7H2,1-2H3,(H,17,18,19);/q;;+2/p-2. The first-order chi connectivity index (χ1) is 19.0. The minimum Gasteiger partial charge on any atom is -0.744 e. The van der Waals surface area contributed by atoms with Crippen molar-refractivity contribution in [1.82, 2.24) is 0 Å². The second-order valence-corrected chi connectivity index (χ2v) is 12.7. The second kappa shape index (κ2) is 15.8. The van der Waals surface area contributed by atoms with Crippen LogP contribution in [0.25, 0.3) is 21.5 Å². The Bertz CT molecular complexity index is 1550. The molecule has 216 valence electrons. The zero-order valence-electron chi connectivity index (χ0n) is 24.4. The van der Waals surface area contributed by atoms with Gasteiger partial charge in [0, 0.05) is 0 Å². The van der Waals surface area contributed by atoms with E-state index in [1.165, 1.54) is 12.1 Å². The summed E-state index contributed by atoms with van der Waals surface area (Å²) in [4.78, 5) is -0.212. The van der Waals surface area contributed by atoms with E-state index in [0.29, 0.717) is 10.8 Å². The smallest absolute Gasteiger partial charge is 0.744 e. The Morgan fingerprint density at radius 3 is 1.05 bits per heavy atom. The summed E-state index contributed by atoms with van der Waals surface area (Å²) in [6.07, 6.45) is 7.48.